The molecular weight excluding hydrogens is 192 g/mol. The monoisotopic (exact) mass is 206 g/mol. The Morgan fingerprint density at radius 3 is 2.80 bits per heavy atom. The molecule has 0 fully saturated rings. The Bertz CT molecular complexity index is 373. The highest BCUT2D eigenvalue weighted by Crippen LogP contribution is 2.41. The van der Waals surface area contributed by atoms with Gasteiger partial charge in [-0.25, -0.2) is 0 Å². The van der Waals surface area contributed by atoms with E-state index in [1.807, 2.05) is 24.3 Å². The van der Waals surface area contributed by atoms with E-state index in [9.17, 15) is 9.90 Å². The molecule has 0 heterocycles. The van der Waals surface area contributed by atoms with Gasteiger partial charge < -0.3 is 9.84 Å². The highest BCUT2D eigenvalue weighted by atomic mass is 16.5. The largest absolute Gasteiger partial charge is 0.469 e. The van der Waals surface area contributed by atoms with Crippen molar-refractivity contribution in [2.75, 3.05) is 7.11 Å². The maximum Gasteiger partial charge on any atom is 0.306 e. The number of carbonyl (C=O) groups is 1. The molecule has 80 valence electrons. The number of hydrogen-bond acceptors (Lipinski definition) is 3. The fourth-order valence-corrected chi connectivity index (χ4v) is 2.19. The third kappa shape index (κ3) is 1.88. The van der Waals surface area contributed by atoms with Gasteiger partial charge in [0.15, 0.2) is 0 Å². The number of methoxy groups -OCH3 is 1. The van der Waals surface area contributed by atoms with Gasteiger partial charge in [0.1, 0.15) is 0 Å². The Kier molecular flexibility index (Phi) is 2.73. The van der Waals surface area contributed by atoms with Crippen LogP contribution < -0.4 is 0 Å². The average Bonchev–Trinajstić information content (AvgIpc) is 2.57. The van der Waals surface area contributed by atoms with Crippen LogP contribution in [0.15, 0.2) is 24.3 Å². The number of hydrogen-bond donors (Lipinski definition) is 1. The summed E-state index contributed by atoms with van der Waals surface area (Å²) in [5, 5.41) is 9.79. The van der Waals surface area contributed by atoms with E-state index in [-0.39, 0.29) is 11.9 Å². The smallest absolute Gasteiger partial charge is 0.306 e. The Balaban J connectivity index is 2.21. The van der Waals surface area contributed by atoms with E-state index < -0.39 is 6.10 Å². The van der Waals surface area contributed by atoms with Crippen LogP contribution in [0.2, 0.25) is 0 Å². The van der Waals surface area contributed by atoms with E-state index in [2.05, 4.69) is 4.74 Å². The zero-order valence-corrected chi connectivity index (χ0v) is 8.64. The first kappa shape index (κ1) is 10.2. The van der Waals surface area contributed by atoms with Gasteiger partial charge in [0, 0.05) is 0 Å². The van der Waals surface area contributed by atoms with Crippen LogP contribution in [0.3, 0.4) is 0 Å². The lowest BCUT2D eigenvalue weighted by atomic mass is 9.98. The summed E-state index contributed by atoms with van der Waals surface area (Å²) in [6.45, 7) is 0. The van der Waals surface area contributed by atoms with E-state index in [0.717, 1.165) is 11.1 Å². The summed E-state index contributed by atoms with van der Waals surface area (Å²) in [6, 6.07) is 7.72. The SMILES string of the molecule is COC(=O)C[C@@H]1C[C@@H](O)c2ccccc21. The summed E-state index contributed by atoms with van der Waals surface area (Å²) in [6.07, 6.45) is 0.537. The van der Waals surface area contributed by atoms with Crippen molar-refractivity contribution in [3.63, 3.8) is 0 Å². The van der Waals surface area contributed by atoms with Crippen molar-refractivity contribution in [1.82, 2.24) is 0 Å². The minimum atomic E-state index is -0.434. The molecule has 2 rings (SSSR count). The summed E-state index contributed by atoms with van der Waals surface area (Å²) in [7, 11) is 1.39. The first-order valence-corrected chi connectivity index (χ1v) is 5.06. The second-order valence-corrected chi connectivity index (χ2v) is 3.86. The number of carbonyl (C=O) groups excluding carboxylic acids is 1. The van der Waals surface area contributed by atoms with Crippen LogP contribution in [0.25, 0.3) is 0 Å². The van der Waals surface area contributed by atoms with Gasteiger partial charge >= 0.3 is 5.97 Å². The third-order valence-corrected chi connectivity index (χ3v) is 2.94. The van der Waals surface area contributed by atoms with Crippen molar-refractivity contribution < 1.29 is 14.6 Å². The molecule has 1 aliphatic carbocycles. The van der Waals surface area contributed by atoms with Crippen LogP contribution in [-0.4, -0.2) is 18.2 Å². The predicted molar refractivity (Wildman–Crippen MR) is 55.4 cm³/mol. The first-order chi connectivity index (χ1) is 7.22. The molecule has 0 amide bonds. The first-order valence-electron chi connectivity index (χ1n) is 5.06. The van der Waals surface area contributed by atoms with E-state index in [1.54, 1.807) is 0 Å². The molecule has 2 atom stereocenters. The normalized spacial score (nSPS) is 23.6. The second kappa shape index (κ2) is 4.03. The van der Waals surface area contributed by atoms with Gasteiger partial charge in [0.25, 0.3) is 0 Å². The van der Waals surface area contributed by atoms with Crippen LogP contribution in [0, 0.1) is 0 Å². The van der Waals surface area contributed by atoms with E-state index in [4.69, 9.17) is 0 Å². The van der Waals surface area contributed by atoms with Crippen LogP contribution in [0.1, 0.15) is 36.0 Å². The molecular formula is C12H14O3. The lowest BCUT2D eigenvalue weighted by Gasteiger charge is -2.08. The Morgan fingerprint density at radius 1 is 1.47 bits per heavy atom. The molecule has 0 aliphatic heterocycles. The second-order valence-electron chi connectivity index (χ2n) is 3.86. The minimum absolute atomic E-state index is 0.101. The molecule has 0 radical (unpaired) electrons. The summed E-state index contributed by atoms with van der Waals surface area (Å²) >= 11 is 0. The van der Waals surface area contributed by atoms with Gasteiger partial charge in [-0.3, -0.25) is 4.79 Å². The lowest BCUT2D eigenvalue weighted by molar-refractivity contribution is -0.141. The quantitative estimate of drug-likeness (QED) is 0.750. The number of benzene rings is 1. The molecule has 1 aromatic rings. The summed E-state index contributed by atoms with van der Waals surface area (Å²) in [4.78, 5) is 11.2. The molecule has 15 heavy (non-hydrogen) atoms. The predicted octanol–water partition coefficient (Wildman–Crippen LogP) is 1.77. The number of rotatable bonds is 2. The standard InChI is InChI=1S/C12H14O3/c1-15-12(14)7-8-6-11(13)10-5-3-2-4-9(8)10/h2-5,8,11,13H,6-7H2,1H3/t8-,11+/m0/s1. The van der Waals surface area contributed by atoms with Crippen molar-refractivity contribution in [1.29, 1.82) is 0 Å². The molecule has 0 saturated heterocycles. The van der Waals surface area contributed by atoms with Gasteiger partial charge in [0.05, 0.1) is 19.6 Å². The van der Waals surface area contributed by atoms with E-state index >= 15 is 0 Å². The molecule has 0 spiro atoms. The van der Waals surface area contributed by atoms with Crippen molar-refractivity contribution in [3.05, 3.63) is 35.4 Å². The molecule has 1 N–H and O–H groups in total. The van der Waals surface area contributed by atoms with Gasteiger partial charge in [-0.15, -0.1) is 0 Å². The zero-order chi connectivity index (χ0) is 10.8. The molecule has 0 aromatic heterocycles. The van der Waals surface area contributed by atoms with Gasteiger partial charge in [-0.05, 0) is 23.5 Å². The summed E-state index contributed by atoms with van der Waals surface area (Å²) in [5.74, 6) is -0.118. The fraction of sp³-hybridized carbons (Fsp3) is 0.417. The zero-order valence-electron chi connectivity index (χ0n) is 8.64. The van der Waals surface area contributed by atoms with E-state index in [0.29, 0.717) is 12.8 Å². The lowest BCUT2D eigenvalue weighted by Crippen LogP contribution is -2.06. The van der Waals surface area contributed by atoms with Crippen LogP contribution >= 0.6 is 0 Å². The Hall–Kier alpha value is -1.35. The van der Waals surface area contributed by atoms with Gasteiger partial charge in [0.2, 0.25) is 0 Å². The van der Waals surface area contributed by atoms with Crippen molar-refractivity contribution in [3.8, 4) is 0 Å². The molecule has 0 unspecified atom stereocenters. The van der Waals surface area contributed by atoms with Crippen LogP contribution in [-0.2, 0) is 9.53 Å². The highest BCUT2D eigenvalue weighted by Gasteiger charge is 2.30. The number of ether oxygens (including phenoxy) is 1. The Labute approximate surface area is 88.7 Å². The van der Waals surface area contributed by atoms with Crippen molar-refractivity contribution in [2.24, 2.45) is 0 Å². The number of aliphatic hydroxyl groups is 1. The van der Waals surface area contributed by atoms with Crippen LogP contribution in [0.5, 0.6) is 0 Å². The summed E-state index contributed by atoms with van der Waals surface area (Å²) in [5.41, 5.74) is 2.03. The molecule has 0 saturated carbocycles. The molecule has 0 bridgehead atoms. The molecule has 3 nitrogen and oxygen atoms in total. The molecule has 3 heteroatoms. The molecule has 1 aliphatic rings. The fourth-order valence-electron chi connectivity index (χ4n) is 2.19. The van der Waals surface area contributed by atoms with E-state index in [1.165, 1.54) is 7.11 Å². The Morgan fingerprint density at radius 2 is 2.13 bits per heavy atom. The highest BCUT2D eigenvalue weighted by molar-refractivity contribution is 5.70. The van der Waals surface area contributed by atoms with Gasteiger partial charge in [-0.2, -0.15) is 0 Å². The average molecular weight is 206 g/mol. The topological polar surface area (TPSA) is 46.5 Å². The minimum Gasteiger partial charge on any atom is -0.469 e. The van der Waals surface area contributed by atoms with Crippen molar-refractivity contribution in [2.45, 2.75) is 24.9 Å². The van der Waals surface area contributed by atoms with Crippen LogP contribution in [0.4, 0.5) is 0 Å². The number of esters is 1. The van der Waals surface area contributed by atoms with Crippen molar-refractivity contribution >= 4 is 5.97 Å². The number of fused-ring (bicyclic) bond motifs is 1. The maximum absolute atomic E-state index is 11.2. The number of aliphatic hydroxyl groups excluding tert-OH is 1. The molecule has 1 aromatic carbocycles. The maximum atomic E-state index is 11.2. The van der Waals surface area contributed by atoms with Gasteiger partial charge in [-0.1, -0.05) is 24.3 Å². The summed E-state index contributed by atoms with van der Waals surface area (Å²) < 4.78 is 4.64. The third-order valence-electron chi connectivity index (χ3n) is 2.94.